The summed E-state index contributed by atoms with van der Waals surface area (Å²) >= 11 is 0. The molecule has 10 heteroatoms. The van der Waals surface area contributed by atoms with Crippen molar-refractivity contribution in [2.45, 2.75) is 63.5 Å². The molecular weight excluding hydrogens is 628 g/mol. The van der Waals surface area contributed by atoms with E-state index in [0.717, 1.165) is 49.3 Å². The molecular formula is C40H38N6O4. The second-order valence-electron chi connectivity index (χ2n) is 13.2. The highest BCUT2D eigenvalue weighted by atomic mass is 16.5. The maximum absolute atomic E-state index is 13.8. The van der Waals surface area contributed by atoms with Gasteiger partial charge in [-0.3, -0.25) is 9.59 Å². The topological polar surface area (TPSA) is 118 Å². The van der Waals surface area contributed by atoms with Crippen LogP contribution in [-0.4, -0.2) is 55.0 Å². The Kier molecular flexibility index (Phi) is 8.90. The lowest BCUT2D eigenvalue weighted by Gasteiger charge is -2.23. The Morgan fingerprint density at radius 1 is 0.580 bits per heavy atom. The van der Waals surface area contributed by atoms with E-state index in [4.69, 9.17) is 9.05 Å². The van der Waals surface area contributed by atoms with Crippen LogP contribution in [0.5, 0.6) is 0 Å². The van der Waals surface area contributed by atoms with E-state index in [1.54, 1.807) is 0 Å². The standard InChI is InChI=1S/C40H38N6O4/c47-39(45-23-7-13-33(45)37-41-35(43-49-37)21-15-27-9-3-1-4-10-27)31-19-17-30-26-32(20-18-29(30)25-31)40(48)46-24-8-14-34(46)38-42-36(44-50-38)22-16-28-11-5-2-6-12-28/h1-6,9-12,17-20,25-26,33-34H,7-8,13-16,21-24H2/t33-,34-/m0/s1. The van der Waals surface area contributed by atoms with Crippen molar-refractivity contribution in [3.05, 3.63) is 143 Å². The molecule has 0 saturated carbocycles. The second kappa shape index (κ2) is 14.1. The number of amides is 2. The van der Waals surface area contributed by atoms with E-state index in [1.165, 1.54) is 11.1 Å². The van der Waals surface area contributed by atoms with Gasteiger partial charge in [0.05, 0.1) is 0 Å². The van der Waals surface area contributed by atoms with Crippen LogP contribution in [0, 0.1) is 0 Å². The van der Waals surface area contributed by atoms with Crippen molar-refractivity contribution in [2.75, 3.05) is 13.1 Å². The number of hydrogen-bond donors (Lipinski definition) is 0. The molecule has 8 rings (SSSR count). The van der Waals surface area contributed by atoms with Crippen LogP contribution in [0.1, 0.15) is 93.0 Å². The number of carbonyl (C=O) groups excluding carboxylic acids is 2. The lowest BCUT2D eigenvalue weighted by molar-refractivity contribution is 0.0703. The molecule has 4 aromatic carbocycles. The zero-order chi connectivity index (χ0) is 33.9. The quantitative estimate of drug-likeness (QED) is 0.152. The first-order valence-electron chi connectivity index (χ1n) is 17.5. The molecule has 2 aliphatic rings. The lowest BCUT2D eigenvalue weighted by atomic mass is 10.0. The Morgan fingerprint density at radius 2 is 1.02 bits per heavy atom. The number of hydrogen-bond acceptors (Lipinski definition) is 8. The molecule has 0 bridgehead atoms. The van der Waals surface area contributed by atoms with Gasteiger partial charge in [0.2, 0.25) is 11.8 Å². The number of aryl methyl sites for hydroxylation is 4. The first kappa shape index (κ1) is 31.6. The average molecular weight is 667 g/mol. The first-order valence-corrected chi connectivity index (χ1v) is 17.5. The third-order valence-electron chi connectivity index (χ3n) is 9.86. The summed E-state index contributed by atoms with van der Waals surface area (Å²) in [5, 5.41) is 10.2. The number of aromatic nitrogens is 4. The summed E-state index contributed by atoms with van der Waals surface area (Å²) in [5.41, 5.74) is 3.62. The van der Waals surface area contributed by atoms with Gasteiger partial charge in [-0.2, -0.15) is 9.97 Å². The molecule has 0 aliphatic carbocycles. The fraction of sp³-hybridized carbons (Fsp3) is 0.300. The highest BCUT2D eigenvalue weighted by Gasteiger charge is 2.36. The number of fused-ring (bicyclic) bond motifs is 1. The zero-order valence-electron chi connectivity index (χ0n) is 27.8. The normalized spacial score (nSPS) is 17.5. The van der Waals surface area contributed by atoms with Gasteiger partial charge in [0.25, 0.3) is 11.8 Å². The minimum absolute atomic E-state index is 0.0683. The number of likely N-dealkylation sites (tertiary alicyclic amines) is 2. The highest BCUT2D eigenvalue weighted by Crippen LogP contribution is 2.35. The summed E-state index contributed by atoms with van der Waals surface area (Å²) < 4.78 is 11.3. The second-order valence-corrected chi connectivity index (χ2v) is 13.2. The summed E-state index contributed by atoms with van der Waals surface area (Å²) in [6.45, 7) is 1.25. The van der Waals surface area contributed by atoms with Gasteiger partial charge in [-0.1, -0.05) is 83.1 Å². The Hall–Kier alpha value is -5.64. The summed E-state index contributed by atoms with van der Waals surface area (Å²) in [5.74, 6) is 2.15. The van der Waals surface area contributed by atoms with Crippen LogP contribution in [0.4, 0.5) is 0 Å². The average Bonchev–Trinajstić information content (AvgIpc) is 4.00. The Balaban J connectivity index is 0.927. The number of benzene rings is 4. The fourth-order valence-electron chi connectivity index (χ4n) is 7.19. The molecule has 6 aromatic rings. The van der Waals surface area contributed by atoms with Gasteiger partial charge < -0.3 is 18.8 Å². The number of rotatable bonds is 10. The third kappa shape index (κ3) is 6.65. The first-order chi connectivity index (χ1) is 24.6. The zero-order valence-corrected chi connectivity index (χ0v) is 27.8. The minimum atomic E-state index is -0.247. The molecule has 252 valence electrons. The molecule has 2 fully saturated rings. The largest absolute Gasteiger partial charge is 0.337 e. The van der Waals surface area contributed by atoms with Crippen LogP contribution in [-0.2, 0) is 25.7 Å². The van der Waals surface area contributed by atoms with E-state index in [-0.39, 0.29) is 23.9 Å². The van der Waals surface area contributed by atoms with Crippen molar-refractivity contribution in [3.63, 3.8) is 0 Å². The smallest absolute Gasteiger partial charge is 0.254 e. The molecule has 10 nitrogen and oxygen atoms in total. The van der Waals surface area contributed by atoms with Gasteiger partial charge in [0, 0.05) is 37.1 Å². The van der Waals surface area contributed by atoms with E-state index in [2.05, 4.69) is 44.5 Å². The van der Waals surface area contributed by atoms with Crippen LogP contribution in [0.2, 0.25) is 0 Å². The van der Waals surface area contributed by atoms with Gasteiger partial charge in [-0.15, -0.1) is 0 Å². The number of nitrogens with zero attached hydrogens (tertiary/aromatic N) is 6. The SMILES string of the molecule is O=C(c1ccc2cc(C(=O)N3CCC[C@H]3c3nc(CCc4ccccc4)no3)ccc2c1)N1CCC[C@H]1c1nc(CCc2ccccc2)no1. The maximum Gasteiger partial charge on any atom is 0.254 e. The molecule has 0 N–H and O–H groups in total. The number of carbonyl (C=O) groups is 2. The van der Waals surface area contributed by atoms with Crippen molar-refractivity contribution in [3.8, 4) is 0 Å². The summed E-state index contributed by atoms with van der Waals surface area (Å²) in [4.78, 5) is 40.6. The molecule has 2 amide bonds. The summed E-state index contributed by atoms with van der Waals surface area (Å²) in [6.07, 6.45) is 6.29. The Morgan fingerprint density at radius 3 is 1.46 bits per heavy atom. The Bertz CT molecular complexity index is 1960. The molecule has 2 aromatic heterocycles. The predicted molar refractivity (Wildman–Crippen MR) is 186 cm³/mol. The third-order valence-corrected chi connectivity index (χ3v) is 9.86. The molecule has 2 saturated heterocycles. The summed E-state index contributed by atoms with van der Waals surface area (Å²) in [7, 11) is 0. The van der Waals surface area contributed by atoms with Gasteiger partial charge in [0.1, 0.15) is 12.1 Å². The highest BCUT2D eigenvalue weighted by molar-refractivity contribution is 6.02. The van der Waals surface area contributed by atoms with E-state index >= 15 is 0 Å². The van der Waals surface area contributed by atoms with Crippen molar-refractivity contribution < 1.29 is 18.6 Å². The van der Waals surface area contributed by atoms with Crippen molar-refractivity contribution in [1.82, 2.24) is 30.1 Å². The molecule has 50 heavy (non-hydrogen) atoms. The molecule has 0 spiro atoms. The minimum Gasteiger partial charge on any atom is -0.337 e. The monoisotopic (exact) mass is 666 g/mol. The van der Waals surface area contributed by atoms with Crippen molar-refractivity contribution in [1.29, 1.82) is 0 Å². The van der Waals surface area contributed by atoms with E-state index < -0.39 is 0 Å². The van der Waals surface area contributed by atoms with Crippen LogP contribution in [0.3, 0.4) is 0 Å². The molecule has 0 radical (unpaired) electrons. The van der Waals surface area contributed by atoms with E-state index in [0.29, 0.717) is 60.5 Å². The van der Waals surface area contributed by atoms with Crippen LogP contribution >= 0.6 is 0 Å². The Labute approximate surface area is 290 Å². The van der Waals surface area contributed by atoms with Crippen LogP contribution < -0.4 is 0 Å². The summed E-state index contributed by atoms with van der Waals surface area (Å²) in [6, 6.07) is 31.2. The van der Waals surface area contributed by atoms with Gasteiger partial charge in [-0.05, 0) is 84.7 Å². The fourth-order valence-corrected chi connectivity index (χ4v) is 7.19. The van der Waals surface area contributed by atoms with Crippen molar-refractivity contribution >= 4 is 22.6 Å². The van der Waals surface area contributed by atoms with E-state index in [1.807, 2.05) is 82.6 Å². The molecule has 0 unspecified atom stereocenters. The molecule has 4 heterocycles. The van der Waals surface area contributed by atoms with E-state index in [9.17, 15) is 9.59 Å². The predicted octanol–water partition coefficient (Wildman–Crippen LogP) is 7.13. The lowest BCUT2D eigenvalue weighted by Crippen LogP contribution is -2.31. The van der Waals surface area contributed by atoms with Crippen molar-refractivity contribution in [2.24, 2.45) is 0 Å². The van der Waals surface area contributed by atoms with Crippen LogP contribution in [0.15, 0.2) is 106 Å². The van der Waals surface area contributed by atoms with Gasteiger partial charge in [0.15, 0.2) is 11.6 Å². The van der Waals surface area contributed by atoms with Crippen LogP contribution in [0.25, 0.3) is 10.8 Å². The van der Waals surface area contributed by atoms with Gasteiger partial charge >= 0.3 is 0 Å². The molecule has 2 atom stereocenters. The van der Waals surface area contributed by atoms with Gasteiger partial charge in [-0.25, -0.2) is 0 Å². The molecule has 2 aliphatic heterocycles. The maximum atomic E-state index is 13.8.